The second-order valence-corrected chi connectivity index (χ2v) is 8.70. The van der Waals surface area contributed by atoms with Crippen LogP contribution in [0, 0.1) is 0 Å². The number of phenolic OH excluding ortho intramolecular Hbond substituents is 1. The van der Waals surface area contributed by atoms with Gasteiger partial charge >= 0.3 is 0 Å². The molecule has 1 heterocycles. The van der Waals surface area contributed by atoms with Crippen LogP contribution in [0.25, 0.3) is 0 Å². The molecule has 3 atom stereocenters. The summed E-state index contributed by atoms with van der Waals surface area (Å²) in [6.45, 7) is -0.159. The van der Waals surface area contributed by atoms with Gasteiger partial charge in [-0.2, -0.15) is 0 Å². The number of alkyl halides is 1. The van der Waals surface area contributed by atoms with Crippen molar-refractivity contribution in [1.82, 2.24) is 4.90 Å². The number of rotatable bonds is 12. The molecule has 0 bridgehead atoms. The summed E-state index contributed by atoms with van der Waals surface area (Å²) >= 11 is 0. The fraction of sp³-hybridized carbons (Fsp3) is 0.538. The molecule has 0 amide bonds. The van der Waals surface area contributed by atoms with Crippen molar-refractivity contribution in [2.75, 3.05) is 26.4 Å². The highest BCUT2D eigenvalue weighted by Crippen LogP contribution is 2.29. The highest BCUT2D eigenvalue weighted by atomic mass is 19.1. The van der Waals surface area contributed by atoms with E-state index in [4.69, 9.17) is 4.74 Å². The molecule has 0 saturated carbocycles. The first-order chi connectivity index (χ1) is 15.6. The third-order valence-electron chi connectivity index (χ3n) is 6.38. The molecule has 3 rings (SSSR count). The van der Waals surface area contributed by atoms with Crippen molar-refractivity contribution in [3.05, 3.63) is 59.7 Å². The number of ether oxygens (including phenoxy) is 1. The van der Waals surface area contributed by atoms with Crippen LogP contribution in [0.4, 0.5) is 4.39 Å². The average molecular weight is 446 g/mol. The van der Waals surface area contributed by atoms with Gasteiger partial charge in [0.2, 0.25) is 0 Å². The van der Waals surface area contributed by atoms with E-state index >= 15 is 0 Å². The summed E-state index contributed by atoms with van der Waals surface area (Å²) in [4.78, 5) is 2.41. The van der Waals surface area contributed by atoms with E-state index in [1.165, 1.54) is 11.1 Å². The number of aliphatic hydroxyl groups is 2. The Labute approximate surface area is 190 Å². The molecule has 1 fully saturated rings. The van der Waals surface area contributed by atoms with Crippen molar-refractivity contribution in [3.8, 4) is 11.5 Å². The van der Waals surface area contributed by atoms with Crippen molar-refractivity contribution in [2.24, 2.45) is 0 Å². The normalized spacial score (nSPS) is 20.2. The number of aromatic hydroxyl groups is 1. The molecular weight excluding hydrogens is 409 g/mol. The molecule has 5 nitrogen and oxygen atoms in total. The predicted octanol–water partition coefficient (Wildman–Crippen LogP) is 3.88. The van der Waals surface area contributed by atoms with Gasteiger partial charge in [-0.05, 0) is 73.9 Å². The molecule has 0 unspecified atom stereocenters. The van der Waals surface area contributed by atoms with Crippen LogP contribution in [0.1, 0.15) is 43.2 Å². The molecule has 32 heavy (non-hydrogen) atoms. The first-order valence-corrected chi connectivity index (χ1v) is 11.7. The minimum atomic E-state index is -0.737. The zero-order chi connectivity index (χ0) is 22.8. The number of halogens is 1. The van der Waals surface area contributed by atoms with Crippen LogP contribution < -0.4 is 4.74 Å². The maximum atomic E-state index is 12.3. The molecule has 1 saturated heterocycles. The monoisotopic (exact) mass is 445 g/mol. The maximum absolute atomic E-state index is 12.3. The van der Waals surface area contributed by atoms with Gasteiger partial charge in [-0.1, -0.05) is 30.7 Å². The lowest BCUT2D eigenvalue weighted by Gasteiger charge is -2.43. The Morgan fingerprint density at radius 3 is 2.03 bits per heavy atom. The van der Waals surface area contributed by atoms with Crippen LogP contribution in [0.3, 0.4) is 0 Å². The van der Waals surface area contributed by atoms with E-state index in [1.807, 2.05) is 36.4 Å². The van der Waals surface area contributed by atoms with Crippen LogP contribution in [-0.4, -0.2) is 64.8 Å². The molecule has 1 aliphatic rings. The summed E-state index contributed by atoms with van der Waals surface area (Å²) < 4.78 is 17.6. The maximum Gasteiger partial charge on any atom is 0.123 e. The molecule has 2 aromatic carbocycles. The average Bonchev–Trinajstić information content (AvgIpc) is 2.82. The van der Waals surface area contributed by atoms with Crippen molar-refractivity contribution < 1.29 is 24.4 Å². The Hall–Kier alpha value is -2.15. The molecule has 0 radical (unpaired) electrons. The summed E-state index contributed by atoms with van der Waals surface area (Å²) in [7, 11) is 0. The van der Waals surface area contributed by atoms with Crippen LogP contribution in [-0.2, 0) is 12.8 Å². The van der Waals surface area contributed by atoms with E-state index in [0.29, 0.717) is 24.4 Å². The minimum absolute atomic E-state index is 0.0785. The number of hydrogen-bond acceptors (Lipinski definition) is 5. The van der Waals surface area contributed by atoms with E-state index in [-0.39, 0.29) is 19.0 Å². The number of phenols is 1. The van der Waals surface area contributed by atoms with E-state index in [0.717, 1.165) is 44.9 Å². The minimum Gasteiger partial charge on any atom is -0.508 e. The van der Waals surface area contributed by atoms with Crippen molar-refractivity contribution >= 4 is 0 Å². The lowest BCUT2D eigenvalue weighted by Crippen LogP contribution is -2.50. The zero-order valence-corrected chi connectivity index (χ0v) is 18.7. The second-order valence-electron chi connectivity index (χ2n) is 8.70. The number of hydrogen-bond donors (Lipinski definition) is 3. The van der Waals surface area contributed by atoms with Crippen LogP contribution in [0.15, 0.2) is 48.5 Å². The lowest BCUT2D eigenvalue weighted by molar-refractivity contribution is 0.00214. The van der Waals surface area contributed by atoms with Gasteiger partial charge in [-0.3, -0.25) is 4.90 Å². The van der Waals surface area contributed by atoms with E-state index in [9.17, 15) is 19.7 Å². The molecule has 1 aliphatic heterocycles. The summed E-state index contributed by atoms with van der Waals surface area (Å²) in [5, 5.41) is 29.1. The Bertz CT molecular complexity index is 783. The second kappa shape index (κ2) is 12.8. The van der Waals surface area contributed by atoms with E-state index in [1.54, 1.807) is 12.1 Å². The van der Waals surface area contributed by atoms with Crippen LogP contribution >= 0.6 is 0 Å². The molecule has 0 spiro atoms. The quantitative estimate of drug-likeness (QED) is 0.462. The number of β-amino-alcohol motifs (C(OH)–C–C–N with tert-alkyl or cyclic N) is 1. The summed E-state index contributed by atoms with van der Waals surface area (Å²) in [6, 6.07) is 15.9. The molecule has 3 N–H and O–H groups in total. The van der Waals surface area contributed by atoms with Gasteiger partial charge < -0.3 is 20.1 Å². The van der Waals surface area contributed by atoms with Gasteiger partial charge in [0, 0.05) is 18.6 Å². The number of nitrogens with zero attached hydrogens (tertiary/aromatic N) is 1. The number of likely N-dealkylation sites (tertiary alicyclic amines) is 1. The number of aliphatic hydroxyl groups excluding tert-OH is 2. The Balaban J connectivity index is 1.60. The molecule has 0 aromatic heterocycles. The molecule has 2 aromatic rings. The fourth-order valence-electron chi connectivity index (χ4n) is 4.68. The molecule has 6 heteroatoms. The molecule has 176 valence electrons. The Morgan fingerprint density at radius 2 is 1.50 bits per heavy atom. The molecular formula is C26H36FNO4. The first kappa shape index (κ1) is 24.5. The van der Waals surface area contributed by atoms with Crippen molar-refractivity contribution in [3.63, 3.8) is 0 Å². The zero-order valence-electron chi connectivity index (χ0n) is 18.7. The Kier molecular flexibility index (Phi) is 9.78. The Morgan fingerprint density at radius 1 is 0.938 bits per heavy atom. The third-order valence-corrected chi connectivity index (χ3v) is 6.38. The smallest absolute Gasteiger partial charge is 0.123 e. The summed E-state index contributed by atoms with van der Waals surface area (Å²) in [6.07, 6.45) is 6.41. The molecule has 0 aliphatic carbocycles. The standard InChI is InChI=1S/C26H36FNO4/c27-16-17-32-26-14-8-21(9-15-26)5-11-23-3-1-2-22(28(23)18-25(31)19-29)10-4-20-6-12-24(30)13-7-20/h6-9,12-15,22-23,25,29-31H,1-5,10-11,16-19H2/t22-,23+,25-/m1/s1. The highest BCUT2D eigenvalue weighted by Gasteiger charge is 2.31. The number of benzene rings is 2. The van der Waals surface area contributed by atoms with E-state index < -0.39 is 12.8 Å². The fourth-order valence-corrected chi connectivity index (χ4v) is 4.68. The number of piperidine rings is 1. The van der Waals surface area contributed by atoms with Gasteiger partial charge in [0.1, 0.15) is 24.8 Å². The van der Waals surface area contributed by atoms with Gasteiger partial charge in [-0.25, -0.2) is 4.39 Å². The van der Waals surface area contributed by atoms with E-state index in [2.05, 4.69) is 4.90 Å². The van der Waals surface area contributed by atoms with Gasteiger partial charge in [0.15, 0.2) is 0 Å². The van der Waals surface area contributed by atoms with Crippen molar-refractivity contribution in [2.45, 2.75) is 63.1 Å². The predicted molar refractivity (Wildman–Crippen MR) is 124 cm³/mol. The highest BCUT2D eigenvalue weighted by molar-refractivity contribution is 5.27. The van der Waals surface area contributed by atoms with Gasteiger partial charge in [0.25, 0.3) is 0 Å². The number of aryl methyl sites for hydroxylation is 2. The summed E-state index contributed by atoms with van der Waals surface area (Å²) in [5.74, 6) is 0.965. The SMILES string of the molecule is OC[C@H](O)CN1[C@@H](CCc2ccc(O)cc2)CCC[C@H]1CCc1ccc(OCCF)cc1. The third kappa shape index (κ3) is 7.47. The van der Waals surface area contributed by atoms with Crippen LogP contribution in [0.2, 0.25) is 0 Å². The van der Waals surface area contributed by atoms with Crippen molar-refractivity contribution in [1.29, 1.82) is 0 Å². The van der Waals surface area contributed by atoms with Gasteiger partial charge in [-0.15, -0.1) is 0 Å². The summed E-state index contributed by atoms with van der Waals surface area (Å²) in [5.41, 5.74) is 2.41. The lowest BCUT2D eigenvalue weighted by atomic mass is 9.88. The largest absolute Gasteiger partial charge is 0.508 e. The van der Waals surface area contributed by atoms with Gasteiger partial charge in [0.05, 0.1) is 12.7 Å². The first-order valence-electron chi connectivity index (χ1n) is 11.7. The van der Waals surface area contributed by atoms with Crippen LogP contribution in [0.5, 0.6) is 11.5 Å². The topological polar surface area (TPSA) is 73.2 Å².